The monoisotopic (exact) mass is 513 g/mol. The average molecular weight is 514 g/mol. The van der Waals surface area contributed by atoms with Crippen LogP contribution in [0.3, 0.4) is 0 Å². The number of aromatic carboxylic acids is 1. The Hall–Kier alpha value is -3.91. The molecule has 0 saturated heterocycles. The van der Waals surface area contributed by atoms with Gasteiger partial charge in [-0.1, -0.05) is 75.6 Å². The van der Waals surface area contributed by atoms with Gasteiger partial charge in [-0.25, -0.2) is 9.18 Å². The summed E-state index contributed by atoms with van der Waals surface area (Å²) in [6, 6.07) is 19.7. The van der Waals surface area contributed by atoms with Gasteiger partial charge in [0.05, 0.1) is 5.56 Å². The summed E-state index contributed by atoms with van der Waals surface area (Å²) in [4.78, 5) is 26.4. The van der Waals surface area contributed by atoms with Crippen LogP contribution < -0.4 is 0 Å². The fourth-order valence-corrected chi connectivity index (χ4v) is 4.18. The lowest BCUT2D eigenvalue weighted by atomic mass is 10.1. The highest BCUT2D eigenvalue weighted by molar-refractivity contribution is 5.97. The molecule has 0 aliphatic heterocycles. The lowest BCUT2D eigenvalue weighted by molar-refractivity contribution is 0.0692. The zero-order valence-electron chi connectivity index (χ0n) is 22.3. The molecule has 3 aromatic rings. The Balaban J connectivity index is 1.72. The van der Waals surface area contributed by atoms with E-state index in [-0.39, 0.29) is 11.5 Å². The van der Waals surface area contributed by atoms with Gasteiger partial charge in [-0.2, -0.15) is 0 Å². The van der Waals surface area contributed by atoms with E-state index in [2.05, 4.69) is 50.0 Å². The van der Waals surface area contributed by atoms with E-state index in [4.69, 9.17) is 0 Å². The molecule has 1 amide bonds. The SMILES string of the molecule is CCCCCCN(Cc1ccc(C#Cc2ccc(CCCC)cc2)cc1)C(=O)c1ccc(F)c(C(=O)O)c1. The molecule has 5 heteroatoms. The minimum Gasteiger partial charge on any atom is -0.478 e. The van der Waals surface area contributed by atoms with Gasteiger partial charge in [0.25, 0.3) is 5.91 Å². The molecule has 0 unspecified atom stereocenters. The Morgan fingerprint density at radius 1 is 0.789 bits per heavy atom. The van der Waals surface area contributed by atoms with Gasteiger partial charge < -0.3 is 10.0 Å². The second-order valence-electron chi connectivity index (χ2n) is 9.53. The lowest BCUT2D eigenvalue weighted by Crippen LogP contribution is -2.31. The number of unbranched alkanes of at least 4 members (excludes halogenated alkanes) is 4. The molecule has 0 aliphatic carbocycles. The van der Waals surface area contributed by atoms with Crippen LogP contribution >= 0.6 is 0 Å². The van der Waals surface area contributed by atoms with Crippen LogP contribution in [0.4, 0.5) is 4.39 Å². The van der Waals surface area contributed by atoms with Crippen LogP contribution in [-0.2, 0) is 13.0 Å². The third-order valence-electron chi connectivity index (χ3n) is 6.46. The van der Waals surface area contributed by atoms with Gasteiger partial charge >= 0.3 is 5.97 Å². The molecule has 3 rings (SSSR count). The minimum absolute atomic E-state index is 0.169. The van der Waals surface area contributed by atoms with Crippen molar-refractivity contribution in [3.05, 3.63) is 106 Å². The van der Waals surface area contributed by atoms with Crippen molar-refractivity contribution >= 4 is 11.9 Å². The van der Waals surface area contributed by atoms with E-state index in [1.807, 2.05) is 24.3 Å². The number of nitrogens with zero attached hydrogens (tertiary/aromatic N) is 1. The van der Waals surface area contributed by atoms with E-state index in [1.54, 1.807) is 4.90 Å². The predicted molar refractivity (Wildman–Crippen MR) is 150 cm³/mol. The van der Waals surface area contributed by atoms with Crippen molar-refractivity contribution in [1.29, 1.82) is 0 Å². The first kappa shape index (κ1) is 28.7. The highest BCUT2D eigenvalue weighted by atomic mass is 19.1. The standard InChI is InChI=1S/C33H36FNO3/c1-3-5-7-8-22-35(32(36)29-20-21-31(34)30(23-29)33(37)38)24-28-18-16-27(17-19-28)15-14-26-12-10-25(11-13-26)9-6-4-2/h10-13,16-21,23H,3-9,22,24H2,1-2H3,(H,37,38). The van der Waals surface area contributed by atoms with Gasteiger partial charge in [0.1, 0.15) is 5.82 Å². The molecule has 38 heavy (non-hydrogen) atoms. The quantitative estimate of drug-likeness (QED) is 0.202. The highest BCUT2D eigenvalue weighted by Gasteiger charge is 2.19. The number of carboxylic acid groups (broad SMARTS) is 1. The van der Waals surface area contributed by atoms with Gasteiger partial charge in [0.15, 0.2) is 0 Å². The third-order valence-corrected chi connectivity index (χ3v) is 6.46. The minimum atomic E-state index is -1.39. The van der Waals surface area contributed by atoms with Crippen molar-refractivity contribution in [1.82, 2.24) is 4.90 Å². The first-order valence-electron chi connectivity index (χ1n) is 13.4. The second-order valence-corrected chi connectivity index (χ2v) is 9.53. The Bertz CT molecular complexity index is 1270. The van der Waals surface area contributed by atoms with Gasteiger partial charge in [0.2, 0.25) is 0 Å². The van der Waals surface area contributed by atoms with Gasteiger partial charge in [-0.3, -0.25) is 4.79 Å². The maximum absolute atomic E-state index is 13.9. The van der Waals surface area contributed by atoms with Crippen molar-refractivity contribution in [2.45, 2.75) is 65.3 Å². The summed E-state index contributed by atoms with van der Waals surface area (Å²) in [6.07, 6.45) is 7.46. The number of benzene rings is 3. The number of amides is 1. The summed E-state index contributed by atoms with van der Waals surface area (Å²) < 4.78 is 13.9. The molecule has 0 radical (unpaired) electrons. The first-order chi connectivity index (χ1) is 18.4. The topological polar surface area (TPSA) is 57.6 Å². The molecule has 3 aromatic carbocycles. The molecular formula is C33H36FNO3. The molecule has 198 valence electrons. The second kappa shape index (κ2) is 14.7. The van der Waals surface area contributed by atoms with Crippen LogP contribution in [0.5, 0.6) is 0 Å². The van der Waals surface area contributed by atoms with Crippen LogP contribution in [-0.4, -0.2) is 28.4 Å². The van der Waals surface area contributed by atoms with Crippen molar-refractivity contribution in [3.8, 4) is 11.8 Å². The Morgan fingerprint density at radius 2 is 1.39 bits per heavy atom. The number of hydrogen-bond acceptors (Lipinski definition) is 2. The highest BCUT2D eigenvalue weighted by Crippen LogP contribution is 2.17. The summed E-state index contributed by atoms with van der Waals surface area (Å²) in [5.74, 6) is 3.85. The zero-order chi connectivity index (χ0) is 27.3. The summed E-state index contributed by atoms with van der Waals surface area (Å²) in [7, 11) is 0. The normalized spacial score (nSPS) is 10.5. The summed E-state index contributed by atoms with van der Waals surface area (Å²) >= 11 is 0. The van der Waals surface area contributed by atoms with E-state index < -0.39 is 17.3 Å². The van der Waals surface area contributed by atoms with Crippen molar-refractivity contribution in [2.75, 3.05) is 6.54 Å². The first-order valence-corrected chi connectivity index (χ1v) is 13.4. The zero-order valence-corrected chi connectivity index (χ0v) is 22.3. The Morgan fingerprint density at radius 3 is 1.97 bits per heavy atom. The summed E-state index contributed by atoms with van der Waals surface area (Å²) in [6.45, 7) is 5.23. The van der Waals surface area contributed by atoms with E-state index >= 15 is 0 Å². The molecule has 0 saturated carbocycles. The Labute approximate surface area is 225 Å². The maximum atomic E-state index is 13.9. The molecule has 0 fully saturated rings. The maximum Gasteiger partial charge on any atom is 0.338 e. The molecule has 0 aromatic heterocycles. The van der Waals surface area contributed by atoms with Crippen LogP contribution in [0.2, 0.25) is 0 Å². The number of halogens is 1. The van der Waals surface area contributed by atoms with Crippen molar-refractivity contribution in [2.24, 2.45) is 0 Å². The van der Waals surface area contributed by atoms with Crippen LogP contribution in [0.15, 0.2) is 66.7 Å². The number of carbonyl (C=O) groups is 2. The molecule has 1 N–H and O–H groups in total. The molecule has 0 bridgehead atoms. The Kier molecular flexibility index (Phi) is 11.1. The van der Waals surface area contributed by atoms with Crippen molar-refractivity contribution < 1.29 is 19.1 Å². The largest absolute Gasteiger partial charge is 0.478 e. The smallest absolute Gasteiger partial charge is 0.338 e. The van der Waals surface area contributed by atoms with Crippen LogP contribution in [0.1, 0.15) is 95.3 Å². The van der Waals surface area contributed by atoms with E-state index in [1.165, 1.54) is 24.5 Å². The number of carboxylic acids is 1. The molecule has 4 nitrogen and oxygen atoms in total. The van der Waals surface area contributed by atoms with Gasteiger partial charge in [-0.05, 0) is 72.9 Å². The molecular weight excluding hydrogens is 477 g/mol. The fourth-order valence-electron chi connectivity index (χ4n) is 4.18. The van der Waals surface area contributed by atoms with E-state index in [0.29, 0.717) is 13.1 Å². The lowest BCUT2D eigenvalue weighted by Gasteiger charge is -2.23. The average Bonchev–Trinajstić information content (AvgIpc) is 2.93. The van der Waals surface area contributed by atoms with Crippen LogP contribution in [0.25, 0.3) is 0 Å². The molecule has 0 heterocycles. The predicted octanol–water partition coefficient (Wildman–Crippen LogP) is 7.49. The van der Waals surface area contributed by atoms with Gasteiger partial charge in [0, 0.05) is 29.8 Å². The van der Waals surface area contributed by atoms with Crippen molar-refractivity contribution in [3.63, 3.8) is 0 Å². The van der Waals surface area contributed by atoms with Crippen LogP contribution in [0, 0.1) is 17.7 Å². The number of aryl methyl sites for hydroxylation is 1. The van der Waals surface area contributed by atoms with E-state index in [9.17, 15) is 19.1 Å². The number of carbonyl (C=O) groups excluding carboxylic acids is 1. The molecule has 0 aliphatic rings. The fraction of sp³-hybridized carbons (Fsp3) is 0.333. The number of rotatable bonds is 12. The molecule has 0 atom stereocenters. The summed E-state index contributed by atoms with van der Waals surface area (Å²) in [5.41, 5.74) is 3.80. The third kappa shape index (κ3) is 8.59. The van der Waals surface area contributed by atoms with E-state index in [0.717, 1.165) is 60.9 Å². The number of hydrogen-bond donors (Lipinski definition) is 1. The van der Waals surface area contributed by atoms with Gasteiger partial charge in [-0.15, -0.1) is 0 Å². The molecule has 0 spiro atoms. The summed E-state index contributed by atoms with van der Waals surface area (Å²) in [5, 5.41) is 9.26.